The molecule has 0 unspecified atom stereocenters. The average molecular weight is 347 g/mol. The fraction of sp³-hybridized carbons (Fsp3) is 0.200. The van der Waals surface area contributed by atoms with Gasteiger partial charge in [-0.25, -0.2) is 4.39 Å². The third-order valence-electron chi connectivity index (χ3n) is 3.16. The molecule has 3 aromatic rings. The van der Waals surface area contributed by atoms with Gasteiger partial charge in [0, 0.05) is 0 Å². The number of nitrogens with zero attached hydrogens (tertiary/aromatic N) is 4. The molecule has 1 atom stereocenters. The normalized spacial score (nSPS) is 12.1. The van der Waals surface area contributed by atoms with Crippen molar-refractivity contribution in [2.24, 2.45) is 0 Å². The van der Waals surface area contributed by atoms with E-state index in [1.165, 1.54) is 28.6 Å². The predicted molar refractivity (Wildman–Crippen MR) is 85.0 cm³/mol. The van der Waals surface area contributed by atoms with Crippen LogP contribution < -0.4 is 5.32 Å². The molecule has 1 N–H and O–H groups in total. The van der Waals surface area contributed by atoms with Crippen molar-refractivity contribution in [1.82, 2.24) is 25.5 Å². The maximum absolute atomic E-state index is 13.4. The van der Waals surface area contributed by atoms with Gasteiger partial charge in [-0.1, -0.05) is 17.8 Å². The van der Waals surface area contributed by atoms with Crippen LogP contribution >= 0.6 is 11.8 Å². The number of carbonyl (C=O) groups is 1. The van der Waals surface area contributed by atoms with Crippen LogP contribution in [-0.2, 0) is 11.3 Å². The fourth-order valence-electron chi connectivity index (χ4n) is 1.97. The molecule has 1 aromatic carbocycles. The first kappa shape index (κ1) is 16.2. The molecule has 0 aliphatic rings. The van der Waals surface area contributed by atoms with Crippen molar-refractivity contribution < 1.29 is 13.6 Å². The monoisotopic (exact) mass is 347 g/mol. The molecule has 0 aliphatic carbocycles. The Hall–Kier alpha value is -2.68. The zero-order valence-electron chi connectivity index (χ0n) is 12.7. The number of aromatic nitrogens is 4. The molecule has 2 aromatic heterocycles. The van der Waals surface area contributed by atoms with Gasteiger partial charge in [-0.3, -0.25) is 4.79 Å². The minimum atomic E-state index is -0.432. The summed E-state index contributed by atoms with van der Waals surface area (Å²) in [6.07, 6.45) is 1.55. The Morgan fingerprint density at radius 1 is 1.42 bits per heavy atom. The van der Waals surface area contributed by atoms with E-state index in [2.05, 4.69) is 20.8 Å². The third kappa shape index (κ3) is 3.80. The maximum Gasteiger partial charge on any atom is 0.233 e. The van der Waals surface area contributed by atoms with E-state index in [1.54, 1.807) is 37.5 Å². The van der Waals surface area contributed by atoms with Crippen molar-refractivity contribution in [2.75, 3.05) is 0 Å². The molecule has 124 valence electrons. The molecular weight excluding hydrogens is 333 g/mol. The number of carbonyl (C=O) groups excluding carboxylic acids is 1. The van der Waals surface area contributed by atoms with Crippen LogP contribution in [0.5, 0.6) is 0 Å². The Labute approximate surface area is 141 Å². The van der Waals surface area contributed by atoms with Crippen molar-refractivity contribution in [3.8, 4) is 5.69 Å². The van der Waals surface area contributed by atoms with Crippen LogP contribution in [0.2, 0.25) is 0 Å². The van der Waals surface area contributed by atoms with E-state index >= 15 is 0 Å². The zero-order chi connectivity index (χ0) is 16.9. The summed E-state index contributed by atoms with van der Waals surface area (Å²) in [5.41, 5.74) is 0.491. The maximum atomic E-state index is 13.4. The van der Waals surface area contributed by atoms with E-state index in [4.69, 9.17) is 4.42 Å². The van der Waals surface area contributed by atoms with Crippen molar-refractivity contribution >= 4 is 17.7 Å². The van der Waals surface area contributed by atoms with Crippen LogP contribution in [0.1, 0.15) is 12.7 Å². The highest BCUT2D eigenvalue weighted by atomic mass is 32.2. The summed E-state index contributed by atoms with van der Waals surface area (Å²) in [5.74, 6) is 0.110. The SMILES string of the molecule is C[C@@H](Sc1nnnn1-c1cccc(F)c1)C(=O)NCc1ccco1. The minimum Gasteiger partial charge on any atom is -0.467 e. The van der Waals surface area contributed by atoms with Gasteiger partial charge in [0.05, 0.1) is 23.7 Å². The van der Waals surface area contributed by atoms with E-state index < -0.39 is 5.25 Å². The first-order valence-corrected chi connectivity index (χ1v) is 8.02. The zero-order valence-corrected chi connectivity index (χ0v) is 13.5. The van der Waals surface area contributed by atoms with Gasteiger partial charge in [0.15, 0.2) is 0 Å². The van der Waals surface area contributed by atoms with Crippen LogP contribution in [0.25, 0.3) is 5.69 Å². The second-order valence-electron chi connectivity index (χ2n) is 4.91. The number of nitrogens with one attached hydrogen (secondary N) is 1. The number of rotatable bonds is 6. The highest BCUT2D eigenvalue weighted by Crippen LogP contribution is 2.23. The largest absolute Gasteiger partial charge is 0.467 e. The van der Waals surface area contributed by atoms with Crippen molar-refractivity contribution in [1.29, 1.82) is 0 Å². The highest BCUT2D eigenvalue weighted by Gasteiger charge is 2.19. The standard InChI is InChI=1S/C15H14FN5O2S/c1-10(14(22)17-9-13-6-3-7-23-13)24-15-18-19-20-21(15)12-5-2-4-11(16)8-12/h2-8,10H,9H2,1H3,(H,17,22)/t10-/m1/s1. The number of hydrogen-bond donors (Lipinski definition) is 1. The molecule has 1 amide bonds. The van der Waals surface area contributed by atoms with E-state index in [1.807, 2.05) is 0 Å². The first-order valence-electron chi connectivity index (χ1n) is 7.14. The molecule has 2 heterocycles. The van der Waals surface area contributed by atoms with E-state index in [9.17, 15) is 9.18 Å². The quantitative estimate of drug-likeness (QED) is 0.688. The number of halogens is 1. The molecule has 0 bridgehead atoms. The summed E-state index contributed by atoms with van der Waals surface area (Å²) >= 11 is 1.18. The number of thioether (sulfide) groups is 1. The lowest BCUT2D eigenvalue weighted by Gasteiger charge is -2.11. The molecule has 0 saturated heterocycles. The number of hydrogen-bond acceptors (Lipinski definition) is 6. The molecule has 9 heteroatoms. The molecule has 7 nitrogen and oxygen atoms in total. The van der Waals surface area contributed by atoms with Gasteiger partial charge in [-0.05, 0) is 47.7 Å². The number of furan rings is 1. The second kappa shape index (κ2) is 7.26. The van der Waals surface area contributed by atoms with Crippen LogP contribution in [0.4, 0.5) is 4.39 Å². The lowest BCUT2D eigenvalue weighted by Crippen LogP contribution is -2.30. The van der Waals surface area contributed by atoms with Crippen LogP contribution in [0.3, 0.4) is 0 Å². The minimum absolute atomic E-state index is 0.176. The van der Waals surface area contributed by atoms with Crippen molar-refractivity contribution in [3.63, 3.8) is 0 Å². The van der Waals surface area contributed by atoms with Crippen LogP contribution in [-0.4, -0.2) is 31.4 Å². The molecule has 0 saturated carbocycles. The summed E-state index contributed by atoms with van der Waals surface area (Å²) in [5, 5.41) is 14.1. The van der Waals surface area contributed by atoms with E-state index in [-0.39, 0.29) is 11.7 Å². The van der Waals surface area contributed by atoms with Gasteiger partial charge in [0.2, 0.25) is 11.1 Å². The molecule has 0 aliphatic heterocycles. The number of amides is 1. The average Bonchev–Trinajstić information content (AvgIpc) is 3.24. The Morgan fingerprint density at radius 2 is 2.29 bits per heavy atom. The fourth-order valence-corrected chi connectivity index (χ4v) is 2.80. The molecule has 0 fully saturated rings. The Morgan fingerprint density at radius 3 is 3.04 bits per heavy atom. The Bertz CT molecular complexity index is 821. The predicted octanol–water partition coefficient (Wildman–Crippen LogP) is 2.19. The van der Waals surface area contributed by atoms with Crippen molar-refractivity contribution in [3.05, 3.63) is 54.2 Å². The molecular formula is C15H14FN5O2S. The summed E-state index contributed by atoms with van der Waals surface area (Å²) < 4.78 is 19.9. The van der Waals surface area contributed by atoms with Gasteiger partial charge < -0.3 is 9.73 Å². The lowest BCUT2D eigenvalue weighted by atomic mass is 10.3. The van der Waals surface area contributed by atoms with Gasteiger partial charge in [0.25, 0.3) is 0 Å². The highest BCUT2D eigenvalue weighted by molar-refractivity contribution is 8.00. The summed E-state index contributed by atoms with van der Waals surface area (Å²) in [4.78, 5) is 12.2. The second-order valence-corrected chi connectivity index (χ2v) is 6.22. The van der Waals surface area contributed by atoms with Crippen LogP contribution in [0.15, 0.2) is 52.2 Å². The summed E-state index contributed by atoms with van der Waals surface area (Å²) in [6, 6.07) is 9.45. The molecule has 0 radical (unpaired) electrons. The smallest absolute Gasteiger partial charge is 0.233 e. The molecule has 0 spiro atoms. The van der Waals surface area contributed by atoms with Gasteiger partial charge in [-0.2, -0.15) is 4.68 Å². The summed E-state index contributed by atoms with van der Waals surface area (Å²) in [6.45, 7) is 2.05. The third-order valence-corrected chi connectivity index (χ3v) is 4.20. The molecule has 3 rings (SSSR count). The van der Waals surface area contributed by atoms with Crippen molar-refractivity contribution in [2.45, 2.75) is 23.9 Å². The topological polar surface area (TPSA) is 85.8 Å². The van der Waals surface area contributed by atoms with Crippen LogP contribution in [0, 0.1) is 5.82 Å². The Balaban J connectivity index is 1.65. The van der Waals surface area contributed by atoms with Gasteiger partial charge >= 0.3 is 0 Å². The van der Waals surface area contributed by atoms with E-state index in [0.29, 0.717) is 23.1 Å². The van der Waals surface area contributed by atoms with Gasteiger partial charge in [-0.15, -0.1) is 5.10 Å². The number of tetrazole rings is 1. The number of benzene rings is 1. The first-order chi connectivity index (χ1) is 11.6. The Kier molecular flexibility index (Phi) is 4.90. The van der Waals surface area contributed by atoms with Gasteiger partial charge in [0.1, 0.15) is 11.6 Å². The summed E-state index contributed by atoms with van der Waals surface area (Å²) in [7, 11) is 0. The molecule has 24 heavy (non-hydrogen) atoms. The lowest BCUT2D eigenvalue weighted by molar-refractivity contribution is -0.120. The van der Waals surface area contributed by atoms with E-state index in [0.717, 1.165) is 0 Å².